The smallest absolute Gasteiger partial charge is 0.259 e. The van der Waals surface area contributed by atoms with Gasteiger partial charge in [-0.1, -0.05) is 24.3 Å². The van der Waals surface area contributed by atoms with Gasteiger partial charge in [0.05, 0.1) is 11.4 Å². The van der Waals surface area contributed by atoms with Crippen LogP contribution in [0.3, 0.4) is 0 Å². The van der Waals surface area contributed by atoms with Gasteiger partial charge in [-0.2, -0.15) is 0 Å². The Hall–Kier alpha value is -2.47. The van der Waals surface area contributed by atoms with Crippen molar-refractivity contribution in [2.45, 2.75) is 52.0 Å². The lowest BCUT2D eigenvalue weighted by Crippen LogP contribution is -2.27. The highest BCUT2D eigenvalue weighted by atomic mass is 32.1. The zero-order valence-electron chi connectivity index (χ0n) is 15.6. The van der Waals surface area contributed by atoms with E-state index in [1.165, 1.54) is 10.4 Å². The number of aromatic nitrogens is 2. The molecule has 1 aliphatic rings. The van der Waals surface area contributed by atoms with Crippen molar-refractivity contribution < 1.29 is 4.79 Å². The number of carbonyl (C=O) groups excluding carboxylic acids is 1. The fourth-order valence-corrected chi connectivity index (χ4v) is 5.14. The van der Waals surface area contributed by atoms with Gasteiger partial charge in [0.1, 0.15) is 10.7 Å². The molecule has 4 rings (SSSR count). The Morgan fingerprint density at radius 2 is 2.15 bits per heavy atom. The van der Waals surface area contributed by atoms with Gasteiger partial charge in [-0.3, -0.25) is 9.59 Å². The number of rotatable bonds is 5. The van der Waals surface area contributed by atoms with Crippen LogP contribution in [0.15, 0.2) is 29.1 Å². The summed E-state index contributed by atoms with van der Waals surface area (Å²) in [6, 6.07) is 8.00. The maximum atomic E-state index is 12.5. The van der Waals surface area contributed by atoms with Crippen molar-refractivity contribution in [3.63, 3.8) is 0 Å². The van der Waals surface area contributed by atoms with E-state index in [9.17, 15) is 9.59 Å². The molecule has 0 fully saturated rings. The molecule has 1 aromatic carbocycles. The predicted molar refractivity (Wildman–Crippen MR) is 108 cm³/mol. The maximum absolute atomic E-state index is 12.5. The lowest BCUT2D eigenvalue weighted by atomic mass is 10.0. The van der Waals surface area contributed by atoms with Crippen LogP contribution in [0, 0.1) is 6.92 Å². The quantitative estimate of drug-likeness (QED) is 0.709. The molecule has 1 atom stereocenters. The first kappa shape index (κ1) is 17.9. The minimum atomic E-state index is -0.0666. The first-order valence-electron chi connectivity index (χ1n) is 9.41. The summed E-state index contributed by atoms with van der Waals surface area (Å²) in [5.74, 6) is 0.549. The fraction of sp³-hybridized carbons (Fsp3) is 0.381. The van der Waals surface area contributed by atoms with Crippen molar-refractivity contribution in [3.05, 3.63) is 62.0 Å². The van der Waals surface area contributed by atoms with Crippen molar-refractivity contribution in [1.29, 1.82) is 0 Å². The standard InChI is InChI=1S/C21H23N3O2S/c1-12-6-3-4-7-14(12)13(2)22-18(25)11-10-17-23-20(26)19-15-8-5-9-16(15)27-21(19)24-17/h3-4,6-7,13H,5,8-11H2,1-2H3,(H,22,25)(H,23,24,26)/t13-/m0/s1. The summed E-state index contributed by atoms with van der Waals surface area (Å²) in [5, 5.41) is 3.79. The number of aromatic amines is 1. The Kier molecular flexibility index (Phi) is 4.83. The average molecular weight is 382 g/mol. The van der Waals surface area contributed by atoms with Crippen molar-refractivity contribution >= 4 is 27.5 Å². The highest BCUT2D eigenvalue weighted by Gasteiger charge is 2.21. The molecule has 2 heterocycles. The molecule has 0 radical (unpaired) electrons. The molecule has 0 unspecified atom stereocenters. The molecule has 0 bridgehead atoms. The zero-order valence-corrected chi connectivity index (χ0v) is 16.4. The van der Waals surface area contributed by atoms with E-state index in [2.05, 4.69) is 15.3 Å². The fourth-order valence-electron chi connectivity index (χ4n) is 3.86. The zero-order chi connectivity index (χ0) is 19.0. The first-order valence-corrected chi connectivity index (χ1v) is 10.2. The van der Waals surface area contributed by atoms with Crippen LogP contribution in [0.2, 0.25) is 0 Å². The number of amides is 1. The third kappa shape index (κ3) is 3.54. The highest BCUT2D eigenvalue weighted by Crippen LogP contribution is 2.34. The number of hydrogen-bond acceptors (Lipinski definition) is 4. The lowest BCUT2D eigenvalue weighted by Gasteiger charge is -2.16. The van der Waals surface area contributed by atoms with E-state index in [1.807, 2.05) is 38.1 Å². The van der Waals surface area contributed by atoms with Crippen LogP contribution in [0.25, 0.3) is 10.2 Å². The van der Waals surface area contributed by atoms with Crippen LogP contribution in [0.1, 0.15) is 53.2 Å². The molecule has 140 valence electrons. The maximum Gasteiger partial charge on any atom is 0.259 e. The third-order valence-corrected chi connectivity index (χ3v) is 6.43. The normalized spacial score (nSPS) is 14.3. The van der Waals surface area contributed by atoms with Crippen LogP contribution < -0.4 is 10.9 Å². The van der Waals surface area contributed by atoms with Crippen LogP contribution in [-0.2, 0) is 24.1 Å². The van der Waals surface area contributed by atoms with Crippen LogP contribution >= 0.6 is 11.3 Å². The molecule has 0 aliphatic heterocycles. The predicted octanol–water partition coefficient (Wildman–Crippen LogP) is 3.59. The summed E-state index contributed by atoms with van der Waals surface area (Å²) in [7, 11) is 0. The molecule has 5 nitrogen and oxygen atoms in total. The minimum absolute atomic E-state index is 0.0397. The molecule has 6 heteroatoms. The molecule has 2 aromatic heterocycles. The van der Waals surface area contributed by atoms with E-state index in [1.54, 1.807) is 11.3 Å². The van der Waals surface area contributed by atoms with Gasteiger partial charge in [-0.05, 0) is 49.8 Å². The van der Waals surface area contributed by atoms with Gasteiger partial charge in [-0.15, -0.1) is 11.3 Å². The van der Waals surface area contributed by atoms with Gasteiger partial charge < -0.3 is 10.3 Å². The van der Waals surface area contributed by atoms with E-state index in [0.29, 0.717) is 18.7 Å². The molecule has 1 aliphatic carbocycles. The Labute approximate surface area is 161 Å². The van der Waals surface area contributed by atoms with Crippen LogP contribution in [0.5, 0.6) is 0 Å². The summed E-state index contributed by atoms with van der Waals surface area (Å²) in [6.07, 6.45) is 3.87. The summed E-state index contributed by atoms with van der Waals surface area (Å²) >= 11 is 1.63. The van der Waals surface area contributed by atoms with Gasteiger partial charge >= 0.3 is 0 Å². The second-order valence-electron chi connectivity index (χ2n) is 7.20. The number of hydrogen-bond donors (Lipinski definition) is 2. The van der Waals surface area contributed by atoms with Gasteiger partial charge in [0.25, 0.3) is 5.56 Å². The van der Waals surface area contributed by atoms with E-state index in [0.717, 1.165) is 40.6 Å². The Balaban J connectivity index is 1.43. The topological polar surface area (TPSA) is 74.8 Å². The van der Waals surface area contributed by atoms with E-state index in [4.69, 9.17) is 0 Å². The molecule has 0 spiro atoms. The second kappa shape index (κ2) is 7.27. The van der Waals surface area contributed by atoms with Crippen LogP contribution in [0.4, 0.5) is 0 Å². The third-order valence-electron chi connectivity index (χ3n) is 5.25. The number of carbonyl (C=O) groups is 1. The Morgan fingerprint density at radius 1 is 1.33 bits per heavy atom. The monoisotopic (exact) mass is 381 g/mol. The SMILES string of the molecule is Cc1ccccc1[C@H](C)NC(=O)CCc1nc2sc3c(c2c(=O)[nH]1)CCC3. The Morgan fingerprint density at radius 3 is 2.96 bits per heavy atom. The summed E-state index contributed by atoms with van der Waals surface area (Å²) in [4.78, 5) is 34.4. The lowest BCUT2D eigenvalue weighted by molar-refractivity contribution is -0.121. The number of aryl methyl sites for hydroxylation is 4. The molecular weight excluding hydrogens is 358 g/mol. The first-order chi connectivity index (χ1) is 13.0. The molecular formula is C21H23N3O2S. The van der Waals surface area contributed by atoms with Crippen molar-refractivity contribution in [2.75, 3.05) is 0 Å². The van der Waals surface area contributed by atoms with Gasteiger partial charge in [0, 0.05) is 17.7 Å². The summed E-state index contributed by atoms with van der Waals surface area (Å²) in [6.45, 7) is 4.03. The number of nitrogens with zero attached hydrogens (tertiary/aromatic N) is 1. The number of H-pyrrole nitrogens is 1. The molecule has 3 aromatic rings. The van der Waals surface area contributed by atoms with Crippen molar-refractivity contribution in [3.8, 4) is 0 Å². The Bertz CT molecular complexity index is 1070. The average Bonchev–Trinajstić information content (AvgIpc) is 3.20. The summed E-state index contributed by atoms with van der Waals surface area (Å²) < 4.78 is 0. The molecule has 2 N–H and O–H groups in total. The molecule has 0 saturated heterocycles. The second-order valence-corrected chi connectivity index (χ2v) is 8.28. The van der Waals surface area contributed by atoms with E-state index in [-0.39, 0.29) is 17.5 Å². The number of thiophene rings is 1. The van der Waals surface area contributed by atoms with Crippen molar-refractivity contribution in [1.82, 2.24) is 15.3 Å². The van der Waals surface area contributed by atoms with Gasteiger partial charge in [-0.25, -0.2) is 4.98 Å². The number of benzene rings is 1. The van der Waals surface area contributed by atoms with Gasteiger partial charge in [0.15, 0.2) is 0 Å². The molecule has 27 heavy (non-hydrogen) atoms. The van der Waals surface area contributed by atoms with Crippen molar-refractivity contribution in [2.24, 2.45) is 0 Å². The highest BCUT2D eigenvalue weighted by molar-refractivity contribution is 7.18. The summed E-state index contributed by atoms with van der Waals surface area (Å²) in [5.41, 5.74) is 3.39. The van der Waals surface area contributed by atoms with Gasteiger partial charge in [0.2, 0.25) is 5.91 Å². The van der Waals surface area contributed by atoms with E-state index >= 15 is 0 Å². The minimum Gasteiger partial charge on any atom is -0.350 e. The molecule has 1 amide bonds. The number of nitrogens with one attached hydrogen (secondary N) is 2. The van der Waals surface area contributed by atoms with E-state index < -0.39 is 0 Å². The largest absolute Gasteiger partial charge is 0.350 e. The number of fused-ring (bicyclic) bond motifs is 3. The van der Waals surface area contributed by atoms with Crippen LogP contribution in [-0.4, -0.2) is 15.9 Å². The molecule has 0 saturated carbocycles.